The summed E-state index contributed by atoms with van der Waals surface area (Å²) in [7, 11) is 0. The molecule has 0 radical (unpaired) electrons. The van der Waals surface area contributed by atoms with Crippen LogP contribution in [-0.4, -0.2) is 6.21 Å². The average molecular weight is 206 g/mol. The highest BCUT2D eigenvalue weighted by Gasteiger charge is 2.04. The molecule has 1 rings (SSSR count). The van der Waals surface area contributed by atoms with Crippen molar-refractivity contribution in [3.63, 3.8) is 0 Å². The minimum absolute atomic E-state index is 1.10. The lowest BCUT2D eigenvalue weighted by molar-refractivity contribution is 0.585. The first-order valence-corrected chi connectivity index (χ1v) is 5.96. The lowest BCUT2D eigenvalue weighted by atomic mass is 9.95. The molecule has 2 N–H and O–H groups in total. The highest BCUT2D eigenvalue weighted by Crippen LogP contribution is 2.21. The number of hydrazone groups is 1. The lowest BCUT2D eigenvalue weighted by Gasteiger charge is -2.11. The Morgan fingerprint density at radius 1 is 0.933 bits per heavy atom. The Hall–Kier alpha value is -1.05. The standard InChI is InChI=1S/C13H22N2/c1-2-12-9-7-5-3-4-6-8-10-13(12)11-15-14/h2,11H,1,3-10,14H2/b13-12+,15-11-. The minimum atomic E-state index is 1.10. The van der Waals surface area contributed by atoms with Gasteiger partial charge in [0, 0.05) is 6.21 Å². The zero-order valence-electron chi connectivity index (χ0n) is 9.54. The normalized spacial score (nSPS) is 25.3. The van der Waals surface area contributed by atoms with E-state index < -0.39 is 0 Å². The molecule has 0 aromatic heterocycles. The SMILES string of the molecule is C=C/C1=C(\C=N/N)CCCCCCCC1. The van der Waals surface area contributed by atoms with Crippen LogP contribution in [0, 0.1) is 0 Å². The summed E-state index contributed by atoms with van der Waals surface area (Å²) in [5, 5.41) is 3.65. The van der Waals surface area contributed by atoms with Crippen molar-refractivity contribution in [3.05, 3.63) is 23.8 Å². The Balaban J connectivity index is 2.74. The van der Waals surface area contributed by atoms with Gasteiger partial charge in [0.1, 0.15) is 0 Å². The van der Waals surface area contributed by atoms with E-state index in [0.29, 0.717) is 0 Å². The predicted octanol–water partition coefficient (Wildman–Crippen LogP) is 3.55. The van der Waals surface area contributed by atoms with Gasteiger partial charge in [-0.3, -0.25) is 0 Å². The first-order valence-electron chi connectivity index (χ1n) is 5.96. The Bertz CT molecular complexity index is 251. The van der Waals surface area contributed by atoms with Crippen molar-refractivity contribution < 1.29 is 0 Å². The van der Waals surface area contributed by atoms with E-state index in [1.54, 1.807) is 6.21 Å². The molecule has 0 aliphatic heterocycles. The van der Waals surface area contributed by atoms with Crippen LogP contribution in [0.25, 0.3) is 0 Å². The predicted molar refractivity (Wildman–Crippen MR) is 66.8 cm³/mol. The van der Waals surface area contributed by atoms with Crippen molar-refractivity contribution in [2.45, 2.75) is 51.4 Å². The number of allylic oxidation sites excluding steroid dienone is 3. The molecule has 0 unspecified atom stereocenters. The van der Waals surface area contributed by atoms with Crippen LogP contribution in [0.3, 0.4) is 0 Å². The van der Waals surface area contributed by atoms with Crippen molar-refractivity contribution >= 4 is 6.21 Å². The molecule has 2 heteroatoms. The summed E-state index contributed by atoms with van der Waals surface area (Å²) in [4.78, 5) is 0. The molecule has 0 spiro atoms. The molecular formula is C13H22N2. The topological polar surface area (TPSA) is 38.4 Å². The fourth-order valence-electron chi connectivity index (χ4n) is 2.13. The van der Waals surface area contributed by atoms with Gasteiger partial charge < -0.3 is 5.84 Å². The van der Waals surface area contributed by atoms with E-state index in [9.17, 15) is 0 Å². The second kappa shape index (κ2) is 7.27. The maximum atomic E-state index is 5.24. The van der Waals surface area contributed by atoms with E-state index in [0.717, 1.165) is 12.8 Å². The molecule has 0 heterocycles. The number of rotatable bonds is 2. The summed E-state index contributed by atoms with van der Waals surface area (Å²) in [6.07, 6.45) is 13.9. The van der Waals surface area contributed by atoms with E-state index in [1.165, 1.54) is 49.7 Å². The van der Waals surface area contributed by atoms with E-state index in [4.69, 9.17) is 5.84 Å². The van der Waals surface area contributed by atoms with Gasteiger partial charge in [0.05, 0.1) is 0 Å². The van der Waals surface area contributed by atoms with Gasteiger partial charge in [0.15, 0.2) is 0 Å². The largest absolute Gasteiger partial charge is 0.323 e. The van der Waals surface area contributed by atoms with Gasteiger partial charge >= 0.3 is 0 Å². The summed E-state index contributed by atoms with van der Waals surface area (Å²) in [5.41, 5.74) is 2.63. The van der Waals surface area contributed by atoms with Crippen molar-refractivity contribution in [3.8, 4) is 0 Å². The minimum Gasteiger partial charge on any atom is -0.323 e. The molecular weight excluding hydrogens is 184 g/mol. The van der Waals surface area contributed by atoms with Gasteiger partial charge in [-0.15, -0.1) is 0 Å². The first-order chi connectivity index (χ1) is 7.38. The van der Waals surface area contributed by atoms with Crippen LogP contribution in [0.4, 0.5) is 0 Å². The lowest BCUT2D eigenvalue weighted by Crippen LogP contribution is -1.97. The van der Waals surface area contributed by atoms with Gasteiger partial charge in [-0.05, 0) is 36.8 Å². The highest BCUT2D eigenvalue weighted by atomic mass is 15.1. The molecule has 0 amide bonds. The zero-order valence-corrected chi connectivity index (χ0v) is 9.54. The Kier molecular flexibility index (Phi) is 5.83. The molecule has 0 fully saturated rings. The average Bonchev–Trinajstić information content (AvgIpc) is 2.27. The molecule has 0 aromatic carbocycles. The number of hydrogen-bond acceptors (Lipinski definition) is 2. The van der Waals surface area contributed by atoms with E-state index >= 15 is 0 Å². The second-order valence-corrected chi connectivity index (χ2v) is 4.15. The van der Waals surface area contributed by atoms with Crippen LogP contribution >= 0.6 is 0 Å². The highest BCUT2D eigenvalue weighted by molar-refractivity contribution is 5.80. The zero-order chi connectivity index (χ0) is 10.9. The third-order valence-electron chi connectivity index (χ3n) is 3.03. The Morgan fingerprint density at radius 3 is 2.00 bits per heavy atom. The quantitative estimate of drug-likeness (QED) is 0.419. The monoisotopic (exact) mass is 206 g/mol. The molecule has 0 saturated heterocycles. The summed E-state index contributed by atoms with van der Waals surface area (Å²) < 4.78 is 0. The van der Waals surface area contributed by atoms with Crippen LogP contribution in [-0.2, 0) is 0 Å². The van der Waals surface area contributed by atoms with E-state index in [1.807, 2.05) is 6.08 Å². The molecule has 84 valence electrons. The number of hydrogen-bond donors (Lipinski definition) is 1. The maximum absolute atomic E-state index is 5.24. The third kappa shape index (κ3) is 4.32. The molecule has 2 nitrogen and oxygen atoms in total. The summed E-state index contributed by atoms with van der Waals surface area (Å²) in [5.74, 6) is 5.24. The van der Waals surface area contributed by atoms with Crippen molar-refractivity contribution in [2.24, 2.45) is 10.9 Å². The van der Waals surface area contributed by atoms with E-state index in [2.05, 4.69) is 11.7 Å². The van der Waals surface area contributed by atoms with E-state index in [-0.39, 0.29) is 0 Å². The van der Waals surface area contributed by atoms with Gasteiger partial charge in [0.2, 0.25) is 0 Å². The van der Waals surface area contributed by atoms with Crippen LogP contribution < -0.4 is 5.84 Å². The van der Waals surface area contributed by atoms with Crippen LogP contribution in [0.15, 0.2) is 28.9 Å². The summed E-state index contributed by atoms with van der Waals surface area (Å²) in [6.45, 7) is 3.88. The third-order valence-corrected chi connectivity index (χ3v) is 3.03. The molecule has 0 bridgehead atoms. The Morgan fingerprint density at radius 2 is 1.47 bits per heavy atom. The van der Waals surface area contributed by atoms with Crippen LogP contribution in [0.1, 0.15) is 51.4 Å². The molecule has 1 aliphatic carbocycles. The van der Waals surface area contributed by atoms with Crippen LogP contribution in [0.2, 0.25) is 0 Å². The van der Waals surface area contributed by atoms with Gasteiger partial charge in [-0.2, -0.15) is 5.10 Å². The maximum Gasteiger partial charge on any atom is 0.0500 e. The van der Waals surface area contributed by atoms with Crippen LogP contribution in [0.5, 0.6) is 0 Å². The first kappa shape index (κ1) is 12.0. The smallest absolute Gasteiger partial charge is 0.0500 e. The number of nitrogens with two attached hydrogens (primary N) is 1. The fourth-order valence-corrected chi connectivity index (χ4v) is 2.13. The van der Waals surface area contributed by atoms with Gasteiger partial charge in [-0.25, -0.2) is 0 Å². The summed E-state index contributed by atoms with van der Waals surface area (Å²) in [6, 6.07) is 0. The van der Waals surface area contributed by atoms with Crippen molar-refractivity contribution in [1.82, 2.24) is 0 Å². The second-order valence-electron chi connectivity index (χ2n) is 4.15. The molecule has 0 atom stereocenters. The summed E-state index contributed by atoms with van der Waals surface area (Å²) >= 11 is 0. The van der Waals surface area contributed by atoms with Crippen molar-refractivity contribution in [2.75, 3.05) is 0 Å². The van der Waals surface area contributed by atoms with Gasteiger partial charge in [0.25, 0.3) is 0 Å². The molecule has 1 aliphatic rings. The van der Waals surface area contributed by atoms with Crippen molar-refractivity contribution in [1.29, 1.82) is 0 Å². The van der Waals surface area contributed by atoms with Gasteiger partial charge in [-0.1, -0.05) is 38.3 Å². The molecule has 0 aromatic rings. The molecule has 15 heavy (non-hydrogen) atoms. The fraction of sp³-hybridized carbons (Fsp3) is 0.615. The number of nitrogens with zero attached hydrogens (tertiary/aromatic N) is 1. The molecule has 0 saturated carbocycles. The Labute approximate surface area is 92.9 Å².